The van der Waals surface area contributed by atoms with Gasteiger partial charge in [0.25, 0.3) is 0 Å². The Bertz CT molecular complexity index is 1130. The van der Waals surface area contributed by atoms with Gasteiger partial charge in [0.2, 0.25) is 11.9 Å². The van der Waals surface area contributed by atoms with Gasteiger partial charge in [-0.15, -0.1) is 10.2 Å². The minimum absolute atomic E-state index is 0.219. The van der Waals surface area contributed by atoms with Crippen LogP contribution in [0.1, 0.15) is 5.56 Å². The van der Waals surface area contributed by atoms with Crippen molar-refractivity contribution in [3.8, 4) is 5.69 Å². The fourth-order valence-electron chi connectivity index (χ4n) is 3.32. The van der Waals surface area contributed by atoms with E-state index in [4.69, 9.17) is 4.74 Å². The fraction of sp³-hybridized carbons (Fsp3) is 0.286. The van der Waals surface area contributed by atoms with Gasteiger partial charge in [0.15, 0.2) is 5.16 Å². The van der Waals surface area contributed by atoms with Crippen LogP contribution >= 0.6 is 11.8 Å². The minimum Gasteiger partial charge on any atom is -0.378 e. The molecule has 0 aliphatic carbocycles. The summed E-state index contributed by atoms with van der Waals surface area (Å²) in [6.07, 6.45) is -4.60. The molecule has 1 N–H and O–H groups in total. The van der Waals surface area contributed by atoms with Crippen LogP contribution in [-0.2, 0) is 15.7 Å². The Morgan fingerprint density at radius 2 is 1.85 bits per heavy atom. The Labute approximate surface area is 190 Å². The molecule has 1 saturated heterocycles. The number of aromatic nitrogens is 3. The Balaban J connectivity index is 1.55. The molecule has 0 bridgehead atoms. The van der Waals surface area contributed by atoms with Gasteiger partial charge in [0, 0.05) is 13.1 Å². The number of amides is 1. The molecular formula is C21H19F4N5O2S. The van der Waals surface area contributed by atoms with Crippen LogP contribution < -0.4 is 10.2 Å². The van der Waals surface area contributed by atoms with Crippen LogP contribution in [0, 0.1) is 5.82 Å². The summed E-state index contributed by atoms with van der Waals surface area (Å²) in [5.41, 5.74) is -0.788. The summed E-state index contributed by atoms with van der Waals surface area (Å²) in [7, 11) is 0. The Morgan fingerprint density at radius 1 is 1.09 bits per heavy atom. The topological polar surface area (TPSA) is 72.3 Å². The minimum atomic E-state index is -4.60. The van der Waals surface area contributed by atoms with E-state index in [0.29, 0.717) is 43.1 Å². The highest BCUT2D eigenvalue weighted by Crippen LogP contribution is 2.35. The van der Waals surface area contributed by atoms with Crippen molar-refractivity contribution in [1.82, 2.24) is 14.8 Å². The van der Waals surface area contributed by atoms with E-state index >= 15 is 0 Å². The summed E-state index contributed by atoms with van der Waals surface area (Å²) < 4.78 is 60.4. The number of nitrogens with zero attached hydrogens (tertiary/aromatic N) is 4. The molecule has 0 unspecified atom stereocenters. The standard InChI is InChI=1S/C21H19F4N5O2S/c22-14-4-3-5-15(12-14)30-19(29-8-10-32-11-9-29)27-28-20(30)33-13-18(31)26-17-7-2-1-6-16(17)21(23,24)25/h1-7,12H,8-11,13H2,(H,26,31). The molecule has 0 atom stereocenters. The number of para-hydroxylation sites is 1. The zero-order valence-electron chi connectivity index (χ0n) is 17.2. The van der Waals surface area contributed by atoms with Crippen molar-refractivity contribution < 1.29 is 27.1 Å². The molecule has 0 saturated carbocycles. The molecule has 0 spiro atoms. The summed E-state index contributed by atoms with van der Waals surface area (Å²) >= 11 is 0.989. The van der Waals surface area contributed by atoms with Crippen molar-refractivity contribution in [2.45, 2.75) is 11.3 Å². The number of rotatable bonds is 6. The second-order valence-corrected chi connectivity index (χ2v) is 8.02. The number of benzene rings is 2. The van der Waals surface area contributed by atoms with Crippen molar-refractivity contribution in [2.24, 2.45) is 0 Å². The van der Waals surface area contributed by atoms with E-state index in [9.17, 15) is 22.4 Å². The number of alkyl halides is 3. The summed E-state index contributed by atoms with van der Waals surface area (Å²) in [5.74, 6) is -0.845. The van der Waals surface area contributed by atoms with Gasteiger partial charge < -0.3 is 15.0 Å². The molecule has 174 valence electrons. The molecule has 4 rings (SSSR count). The second kappa shape index (κ2) is 9.79. The number of hydrogen-bond acceptors (Lipinski definition) is 6. The van der Waals surface area contributed by atoms with E-state index in [1.807, 2.05) is 4.90 Å². The monoisotopic (exact) mass is 481 g/mol. The van der Waals surface area contributed by atoms with E-state index in [2.05, 4.69) is 15.5 Å². The molecule has 2 heterocycles. The smallest absolute Gasteiger partial charge is 0.378 e. The predicted octanol–water partition coefficient (Wildman–Crippen LogP) is 3.99. The van der Waals surface area contributed by atoms with Crippen LogP contribution in [0.4, 0.5) is 29.2 Å². The molecule has 0 radical (unpaired) electrons. The quantitative estimate of drug-likeness (QED) is 0.424. The molecule has 1 aliphatic heterocycles. The summed E-state index contributed by atoms with van der Waals surface area (Å²) in [6, 6.07) is 10.6. The molecule has 7 nitrogen and oxygen atoms in total. The number of anilines is 2. The molecule has 1 fully saturated rings. The van der Waals surface area contributed by atoms with E-state index < -0.39 is 23.5 Å². The maximum absolute atomic E-state index is 13.9. The van der Waals surface area contributed by atoms with E-state index in [0.717, 1.165) is 17.8 Å². The average molecular weight is 481 g/mol. The molecule has 12 heteroatoms. The molecule has 3 aromatic rings. The van der Waals surface area contributed by atoms with Crippen LogP contribution in [0.2, 0.25) is 0 Å². The third-order valence-corrected chi connectivity index (χ3v) is 5.74. The van der Waals surface area contributed by atoms with Gasteiger partial charge in [-0.05, 0) is 30.3 Å². The van der Waals surface area contributed by atoms with E-state index in [1.54, 1.807) is 16.7 Å². The van der Waals surface area contributed by atoms with Gasteiger partial charge in [-0.1, -0.05) is 30.0 Å². The number of carbonyl (C=O) groups is 1. The summed E-state index contributed by atoms with van der Waals surface area (Å²) in [6.45, 7) is 2.12. The van der Waals surface area contributed by atoms with Crippen molar-refractivity contribution >= 4 is 29.3 Å². The number of nitrogens with one attached hydrogen (secondary N) is 1. The van der Waals surface area contributed by atoms with Crippen LogP contribution in [0.25, 0.3) is 5.69 Å². The first-order valence-electron chi connectivity index (χ1n) is 9.96. The number of thioether (sulfide) groups is 1. The van der Waals surface area contributed by atoms with Crippen molar-refractivity contribution in [3.05, 3.63) is 59.9 Å². The first-order valence-corrected chi connectivity index (χ1v) is 10.9. The zero-order valence-corrected chi connectivity index (χ0v) is 18.0. The average Bonchev–Trinajstić information content (AvgIpc) is 3.22. The van der Waals surface area contributed by atoms with Gasteiger partial charge in [-0.2, -0.15) is 13.2 Å². The van der Waals surface area contributed by atoms with E-state index in [-0.39, 0.29) is 11.4 Å². The first kappa shape index (κ1) is 23.1. The third-order valence-electron chi connectivity index (χ3n) is 4.82. The number of halogens is 4. The highest BCUT2D eigenvalue weighted by Gasteiger charge is 2.33. The van der Waals surface area contributed by atoms with Gasteiger partial charge in [0.05, 0.1) is 35.9 Å². The maximum Gasteiger partial charge on any atom is 0.418 e. The molecule has 2 aromatic carbocycles. The molecule has 33 heavy (non-hydrogen) atoms. The molecule has 1 aliphatic rings. The maximum atomic E-state index is 13.9. The summed E-state index contributed by atoms with van der Waals surface area (Å²) in [5, 5.41) is 11.0. The lowest BCUT2D eigenvalue weighted by molar-refractivity contribution is -0.137. The molecule has 1 aromatic heterocycles. The Morgan fingerprint density at radius 3 is 2.58 bits per heavy atom. The van der Waals surface area contributed by atoms with Gasteiger partial charge in [-0.3, -0.25) is 9.36 Å². The van der Waals surface area contributed by atoms with Crippen LogP contribution in [0.3, 0.4) is 0 Å². The SMILES string of the molecule is O=C(CSc1nnc(N2CCOCC2)n1-c1cccc(F)c1)Nc1ccccc1C(F)(F)F. The predicted molar refractivity (Wildman–Crippen MR) is 115 cm³/mol. The van der Waals surface area contributed by atoms with E-state index in [1.165, 1.54) is 30.3 Å². The third kappa shape index (κ3) is 5.45. The van der Waals surface area contributed by atoms with Crippen molar-refractivity contribution in [1.29, 1.82) is 0 Å². The normalized spacial score (nSPS) is 14.4. The number of ether oxygens (including phenoxy) is 1. The number of morpholine rings is 1. The second-order valence-electron chi connectivity index (χ2n) is 7.08. The lowest BCUT2D eigenvalue weighted by atomic mass is 10.1. The van der Waals surface area contributed by atoms with Gasteiger partial charge in [0.1, 0.15) is 5.82 Å². The number of hydrogen-bond donors (Lipinski definition) is 1. The Hall–Kier alpha value is -3.12. The van der Waals surface area contributed by atoms with Gasteiger partial charge in [-0.25, -0.2) is 4.39 Å². The Kier molecular flexibility index (Phi) is 6.84. The lowest BCUT2D eigenvalue weighted by Gasteiger charge is -2.27. The number of carbonyl (C=O) groups excluding carboxylic acids is 1. The zero-order chi connectivity index (χ0) is 23.4. The van der Waals surface area contributed by atoms with Crippen LogP contribution in [-0.4, -0.2) is 52.7 Å². The van der Waals surface area contributed by atoms with Crippen LogP contribution in [0.15, 0.2) is 53.7 Å². The first-order chi connectivity index (χ1) is 15.8. The highest BCUT2D eigenvalue weighted by atomic mass is 32.2. The highest BCUT2D eigenvalue weighted by molar-refractivity contribution is 7.99. The van der Waals surface area contributed by atoms with Crippen molar-refractivity contribution in [3.63, 3.8) is 0 Å². The van der Waals surface area contributed by atoms with Crippen molar-refractivity contribution in [2.75, 3.05) is 42.3 Å². The molecular weight excluding hydrogens is 462 g/mol. The molecule has 1 amide bonds. The fourth-order valence-corrected chi connectivity index (χ4v) is 4.07. The lowest BCUT2D eigenvalue weighted by Crippen LogP contribution is -2.37. The summed E-state index contributed by atoms with van der Waals surface area (Å²) in [4.78, 5) is 14.4. The van der Waals surface area contributed by atoms with Crippen LogP contribution in [0.5, 0.6) is 0 Å². The largest absolute Gasteiger partial charge is 0.418 e. The van der Waals surface area contributed by atoms with Gasteiger partial charge >= 0.3 is 6.18 Å².